The molecule has 0 spiro atoms. The number of rotatable bonds is 8. The zero-order valence-electron chi connectivity index (χ0n) is 23.4. The molecule has 0 radical (unpaired) electrons. The Labute approximate surface area is 232 Å². The summed E-state index contributed by atoms with van der Waals surface area (Å²) in [4.78, 5) is 27.1. The predicted molar refractivity (Wildman–Crippen MR) is 157 cm³/mol. The molecule has 0 aliphatic heterocycles. The molecule has 0 heterocycles. The molecule has 3 aromatic carbocycles. The lowest BCUT2D eigenvalue weighted by molar-refractivity contribution is -0.130. The molecule has 1 aliphatic carbocycles. The molecular weight excluding hydrogens is 508 g/mol. The number of nitrogens with one attached hydrogen (secondary N) is 2. The lowest BCUT2D eigenvalue weighted by Crippen LogP contribution is -2.47. The third-order valence-electron chi connectivity index (χ3n) is 7.40. The summed E-state index contributed by atoms with van der Waals surface area (Å²) in [6.45, 7) is 7.91. The van der Waals surface area contributed by atoms with E-state index in [1.165, 1.54) is 0 Å². The summed E-state index contributed by atoms with van der Waals surface area (Å²) in [6, 6.07) is 19.3. The highest BCUT2D eigenvalue weighted by Gasteiger charge is 2.29. The fourth-order valence-corrected chi connectivity index (χ4v) is 7.49. The molecule has 39 heavy (non-hydrogen) atoms. The highest BCUT2D eigenvalue weighted by Crippen LogP contribution is 2.32. The van der Waals surface area contributed by atoms with Gasteiger partial charge in [0.1, 0.15) is 6.04 Å². The number of amides is 2. The molecule has 208 valence electrons. The Balaban J connectivity index is 1.61. The average molecular weight is 549 g/mol. The van der Waals surface area contributed by atoms with Crippen LogP contribution in [0.15, 0.2) is 71.6 Å². The summed E-state index contributed by atoms with van der Waals surface area (Å²) in [5.74, 6) is 0.153. The van der Waals surface area contributed by atoms with Crippen LogP contribution >= 0.6 is 0 Å². The molecular formula is C32H40N2O4S. The van der Waals surface area contributed by atoms with Gasteiger partial charge in [-0.2, -0.15) is 0 Å². The molecule has 0 saturated heterocycles. The van der Waals surface area contributed by atoms with Crippen molar-refractivity contribution < 1.29 is 18.0 Å². The van der Waals surface area contributed by atoms with Crippen molar-refractivity contribution in [3.63, 3.8) is 0 Å². The lowest BCUT2D eigenvalue weighted by atomic mass is 9.82. The predicted octanol–water partition coefficient (Wildman–Crippen LogP) is 6.15. The van der Waals surface area contributed by atoms with Crippen LogP contribution in [0.4, 0.5) is 5.69 Å². The van der Waals surface area contributed by atoms with Crippen molar-refractivity contribution in [3.8, 4) is 0 Å². The van der Waals surface area contributed by atoms with Crippen LogP contribution in [-0.2, 0) is 25.8 Å². The molecule has 1 atom stereocenters. The van der Waals surface area contributed by atoms with Gasteiger partial charge in [-0.1, -0.05) is 82.3 Å². The van der Waals surface area contributed by atoms with E-state index >= 15 is 0 Å². The fraction of sp³-hybridized carbons (Fsp3) is 0.438. The number of fused-ring (bicyclic) bond motifs is 1. The minimum absolute atomic E-state index is 0.0147. The van der Waals surface area contributed by atoms with Crippen LogP contribution < -0.4 is 10.6 Å². The Morgan fingerprint density at radius 2 is 1.51 bits per heavy atom. The first kappa shape index (κ1) is 28.8. The fourth-order valence-electron chi connectivity index (χ4n) is 5.40. The van der Waals surface area contributed by atoms with E-state index < -0.39 is 21.3 Å². The summed E-state index contributed by atoms with van der Waals surface area (Å²) in [7, 11) is -3.55. The van der Waals surface area contributed by atoms with Gasteiger partial charge in [0.25, 0.3) is 0 Å². The molecule has 0 aromatic heterocycles. The summed E-state index contributed by atoms with van der Waals surface area (Å²) in [5, 5.41) is 7.25. The molecule has 2 N–H and O–H groups in total. The van der Waals surface area contributed by atoms with Gasteiger partial charge in [0, 0.05) is 28.8 Å². The maximum absolute atomic E-state index is 13.7. The second-order valence-corrected chi connectivity index (χ2v) is 14.1. The van der Waals surface area contributed by atoms with Gasteiger partial charge >= 0.3 is 0 Å². The quantitative estimate of drug-likeness (QED) is 0.353. The number of hydrogen-bond donors (Lipinski definition) is 2. The maximum Gasteiger partial charge on any atom is 0.247 e. The SMILES string of the molecule is CC1CCC(C(=O)N[C@@H](Cc2ccccc2)C(=O)Nc2cccc3c(S(=O)(=O)CC(C)(C)C)cccc23)CC1. The highest BCUT2D eigenvalue weighted by atomic mass is 32.2. The third-order valence-corrected chi connectivity index (χ3v) is 9.67. The minimum Gasteiger partial charge on any atom is -0.344 e. The molecule has 2 amide bonds. The Bertz CT molecular complexity index is 1420. The van der Waals surface area contributed by atoms with Gasteiger partial charge in [0.2, 0.25) is 11.8 Å². The molecule has 1 aliphatic rings. The smallest absolute Gasteiger partial charge is 0.247 e. The van der Waals surface area contributed by atoms with Crippen LogP contribution in [-0.4, -0.2) is 32.0 Å². The van der Waals surface area contributed by atoms with Crippen LogP contribution in [0.25, 0.3) is 10.8 Å². The molecule has 0 unspecified atom stereocenters. The minimum atomic E-state index is -3.55. The largest absolute Gasteiger partial charge is 0.344 e. The van der Waals surface area contributed by atoms with Crippen molar-refractivity contribution in [2.75, 3.05) is 11.1 Å². The molecule has 4 rings (SSSR count). The van der Waals surface area contributed by atoms with Gasteiger partial charge in [-0.15, -0.1) is 0 Å². The van der Waals surface area contributed by atoms with E-state index in [0.717, 1.165) is 31.2 Å². The normalized spacial score (nSPS) is 18.9. The van der Waals surface area contributed by atoms with E-state index in [0.29, 0.717) is 28.8 Å². The first-order valence-electron chi connectivity index (χ1n) is 13.8. The van der Waals surface area contributed by atoms with Crippen molar-refractivity contribution in [1.82, 2.24) is 5.32 Å². The van der Waals surface area contributed by atoms with Crippen molar-refractivity contribution in [3.05, 3.63) is 72.3 Å². The number of anilines is 1. The zero-order valence-corrected chi connectivity index (χ0v) is 24.2. The van der Waals surface area contributed by atoms with Crippen molar-refractivity contribution in [2.45, 2.75) is 70.7 Å². The van der Waals surface area contributed by atoms with Gasteiger partial charge in [0.15, 0.2) is 9.84 Å². The Kier molecular flexibility index (Phi) is 8.80. The number of carbonyl (C=O) groups excluding carboxylic acids is 2. The van der Waals surface area contributed by atoms with Gasteiger partial charge in [-0.25, -0.2) is 8.42 Å². The number of benzene rings is 3. The van der Waals surface area contributed by atoms with E-state index in [9.17, 15) is 18.0 Å². The lowest BCUT2D eigenvalue weighted by Gasteiger charge is -2.27. The number of sulfone groups is 1. The van der Waals surface area contributed by atoms with Crippen LogP contribution in [0, 0.1) is 17.3 Å². The molecule has 3 aromatic rings. The Hall–Kier alpha value is -3.19. The Morgan fingerprint density at radius 3 is 2.18 bits per heavy atom. The average Bonchev–Trinajstić information content (AvgIpc) is 2.87. The van der Waals surface area contributed by atoms with Crippen molar-refractivity contribution in [1.29, 1.82) is 0 Å². The maximum atomic E-state index is 13.7. The van der Waals surface area contributed by atoms with E-state index in [4.69, 9.17) is 0 Å². The highest BCUT2D eigenvalue weighted by molar-refractivity contribution is 7.91. The van der Waals surface area contributed by atoms with Gasteiger partial charge in [-0.05, 0) is 54.7 Å². The molecule has 1 fully saturated rings. The molecule has 7 heteroatoms. The zero-order chi connectivity index (χ0) is 28.2. The first-order valence-corrected chi connectivity index (χ1v) is 15.5. The van der Waals surface area contributed by atoms with Crippen LogP contribution in [0.5, 0.6) is 0 Å². The molecule has 6 nitrogen and oxygen atoms in total. The second kappa shape index (κ2) is 11.9. The van der Waals surface area contributed by atoms with Gasteiger partial charge < -0.3 is 10.6 Å². The van der Waals surface area contributed by atoms with Gasteiger partial charge in [-0.3, -0.25) is 9.59 Å². The molecule has 1 saturated carbocycles. The number of carbonyl (C=O) groups is 2. The Morgan fingerprint density at radius 1 is 0.872 bits per heavy atom. The van der Waals surface area contributed by atoms with Crippen LogP contribution in [0.1, 0.15) is 58.9 Å². The molecule has 0 bridgehead atoms. The van der Waals surface area contributed by atoms with Crippen molar-refractivity contribution in [2.24, 2.45) is 17.3 Å². The van der Waals surface area contributed by atoms with Gasteiger partial charge in [0.05, 0.1) is 10.6 Å². The van der Waals surface area contributed by atoms with E-state index in [1.807, 2.05) is 57.2 Å². The van der Waals surface area contributed by atoms with Crippen LogP contribution in [0.3, 0.4) is 0 Å². The van der Waals surface area contributed by atoms with E-state index in [2.05, 4.69) is 17.6 Å². The van der Waals surface area contributed by atoms with E-state index in [-0.39, 0.29) is 28.4 Å². The number of hydrogen-bond acceptors (Lipinski definition) is 4. The summed E-state index contributed by atoms with van der Waals surface area (Å²) in [6.07, 6.45) is 4.06. The third kappa shape index (κ3) is 7.47. The summed E-state index contributed by atoms with van der Waals surface area (Å²) in [5.41, 5.74) is 1.07. The van der Waals surface area contributed by atoms with Crippen molar-refractivity contribution >= 4 is 38.1 Å². The first-order chi connectivity index (χ1) is 18.4. The summed E-state index contributed by atoms with van der Waals surface area (Å²) < 4.78 is 26.5. The second-order valence-electron chi connectivity index (χ2n) is 12.2. The van der Waals surface area contributed by atoms with E-state index in [1.54, 1.807) is 30.3 Å². The summed E-state index contributed by atoms with van der Waals surface area (Å²) >= 11 is 0. The monoisotopic (exact) mass is 548 g/mol. The standard InChI is InChI=1S/C32H40N2O4S/c1-22-16-18-24(19-17-22)30(35)34-28(20-23-10-6-5-7-11-23)31(36)33-27-14-8-13-26-25(27)12-9-15-29(26)39(37,38)21-32(2,3)4/h5-15,22,24,28H,16-21H2,1-4H3,(H,33,36)(H,34,35)/t22?,24?,28-/m0/s1. The van der Waals surface area contributed by atoms with Crippen LogP contribution in [0.2, 0.25) is 0 Å². The topological polar surface area (TPSA) is 92.3 Å².